The minimum Gasteiger partial charge on any atom is -0.397 e. The Balaban J connectivity index is 2.37. The van der Waals surface area contributed by atoms with Gasteiger partial charge in [0.05, 0.1) is 11.4 Å². The molecule has 0 aliphatic rings. The Labute approximate surface area is 127 Å². The first-order valence-electron chi connectivity index (χ1n) is 5.99. The summed E-state index contributed by atoms with van der Waals surface area (Å²) in [6, 6.07) is 10.2. The van der Waals surface area contributed by atoms with Crippen molar-refractivity contribution in [3.63, 3.8) is 0 Å². The quantitative estimate of drug-likeness (QED) is 0.847. The molecule has 2 N–H and O–H groups in total. The molecule has 5 heteroatoms. The number of amides is 1. The van der Waals surface area contributed by atoms with E-state index in [1.54, 1.807) is 37.4 Å². The summed E-state index contributed by atoms with van der Waals surface area (Å²) in [7, 11) is 1.65. The van der Waals surface area contributed by atoms with Crippen LogP contribution in [0.1, 0.15) is 15.9 Å². The highest BCUT2D eigenvalue weighted by Crippen LogP contribution is 2.27. The SMILES string of the molecule is Cc1ccc(C(=O)N(C)c2cc(Cl)ccc2N)cc1Cl. The lowest BCUT2D eigenvalue weighted by Crippen LogP contribution is -2.27. The highest BCUT2D eigenvalue weighted by atomic mass is 35.5. The van der Waals surface area contributed by atoms with Crippen molar-refractivity contribution in [1.29, 1.82) is 0 Å². The van der Waals surface area contributed by atoms with Gasteiger partial charge in [0.1, 0.15) is 0 Å². The number of nitrogens with zero attached hydrogens (tertiary/aromatic N) is 1. The molecular weight excluding hydrogens is 295 g/mol. The molecule has 0 aliphatic heterocycles. The highest BCUT2D eigenvalue weighted by Gasteiger charge is 2.16. The number of halogens is 2. The van der Waals surface area contributed by atoms with Crippen LogP contribution in [0.3, 0.4) is 0 Å². The molecule has 0 atom stereocenters. The zero-order valence-electron chi connectivity index (χ0n) is 11.2. The van der Waals surface area contributed by atoms with Crippen molar-refractivity contribution in [2.75, 3.05) is 17.7 Å². The van der Waals surface area contributed by atoms with Crippen LogP contribution in [0.2, 0.25) is 10.0 Å². The standard InChI is InChI=1S/C15H14Cl2N2O/c1-9-3-4-10(7-12(9)17)15(20)19(2)14-8-11(16)5-6-13(14)18/h3-8H,18H2,1-2H3. The van der Waals surface area contributed by atoms with Gasteiger partial charge < -0.3 is 10.6 Å². The second-order valence-corrected chi connectivity index (χ2v) is 5.37. The van der Waals surface area contributed by atoms with Gasteiger partial charge in [0.25, 0.3) is 5.91 Å². The summed E-state index contributed by atoms with van der Waals surface area (Å²) in [5, 5.41) is 1.08. The van der Waals surface area contributed by atoms with E-state index in [1.807, 2.05) is 13.0 Å². The summed E-state index contributed by atoms with van der Waals surface area (Å²) >= 11 is 12.0. The third-order valence-electron chi connectivity index (χ3n) is 3.08. The van der Waals surface area contributed by atoms with Crippen LogP contribution in [0.5, 0.6) is 0 Å². The minimum atomic E-state index is -0.194. The minimum absolute atomic E-state index is 0.194. The fourth-order valence-electron chi connectivity index (χ4n) is 1.84. The molecule has 0 radical (unpaired) electrons. The van der Waals surface area contributed by atoms with Crippen molar-refractivity contribution in [2.24, 2.45) is 0 Å². The van der Waals surface area contributed by atoms with Gasteiger partial charge in [-0.1, -0.05) is 29.3 Å². The first kappa shape index (κ1) is 14.7. The maximum absolute atomic E-state index is 12.4. The molecule has 104 valence electrons. The van der Waals surface area contributed by atoms with Gasteiger partial charge in [-0.05, 0) is 42.8 Å². The number of nitrogens with two attached hydrogens (primary N) is 1. The molecule has 0 saturated carbocycles. The van der Waals surface area contributed by atoms with Crippen molar-refractivity contribution < 1.29 is 4.79 Å². The molecule has 3 nitrogen and oxygen atoms in total. The van der Waals surface area contributed by atoms with Crippen LogP contribution in [0.4, 0.5) is 11.4 Å². The monoisotopic (exact) mass is 308 g/mol. The van der Waals surface area contributed by atoms with Crippen molar-refractivity contribution in [1.82, 2.24) is 0 Å². The maximum Gasteiger partial charge on any atom is 0.258 e. The molecule has 2 aromatic carbocycles. The number of aryl methyl sites for hydroxylation is 1. The number of carbonyl (C=O) groups excluding carboxylic acids is 1. The van der Waals surface area contributed by atoms with Crippen molar-refractivity contribution in [3.8, 4) is 0 Å². The highest BCUT2D eigenvalue weighted by molar-refractivity contribution is 6.32. The molecule has 0 aliphatic carbocycles. The lowest BCUT2D eigenvalue weighted by atomic mass is 10.1. The van der Waals surface area contributed by atoms with Gasteiger partial charge in [0.2, 0.25) is 0 Å². The summed E-state index contributed by atoms with van der Waals surface area (Å²) in [6.45, 7) is 1.88. The van der Waals surface area contributed by atoms with E-state index in [1.165, 1.54) is 4.90 Å². The van der Waals surface area contributed by atoms with Gasteiger partial charge in [-0.3, -0.25) is 4.79 Å². The summed E-state index contributed by atoms with van der Waals surface area (Å²) in [6.07, 6.45) is 0. The van der Waals surface area contributed by atoms with Crippen LogP contribution in [-0.2, 0) is 0 Å². The number of hydrogen-bond donors (Lipinski definition) is 1. The van der Waals surface area contributed by atoms with E-state index in [-0.39, 0.29) is 5.91 Å². The molecule has 0 fully saturated rings. The molecule has 0 saturated heterocycles. The number of rotatable bonds is 2. The summed E-state index contributed by atoms with van der Waals surface area (Å²) in [4.78, 5) is 13.9. The van der Waals surface area contributed by atoms with Crippen LogP contribution < -0.4 is 10.6 Å². The van der Waals surface area contributed by atoms with E-state index in [0.717, 1.165) is 5.56 Å². The maximum atomic E-state index is 12.4. The molecule has 0 bridgehead atoms. The van der Waals surface area contributed by atoms with Crippen LogP contribution in [0.25, 0.3) is 0 Å². The fraction of sp³-hybridized carbons (Fsp3) is 0.133. The number of hydrogen-bond acceptors (Lipinski definition) is 2. The van der Waals surface area contributed by atoms with Crippen molar-refractivity contribution in [3.05, 3.63) is 57.6 Å². The lowest BCUT2D eigenvalue weighted by Gasteiger charge is -2.20. The van der Waals surface area contributed by atoms with Gasteiger partial charge >= 0.3 is 0 Å². The van der Waals surface area contributed by atoms with Crippen LogP contribution in [0, 0.1) is 6.92 Å². The normalized spacial score (nSPS) is 10.4. The first-order valence-corrected chi connectivity index (χ1v) is 6.75. The van der Waals surface area contributed by atoms with E-state index in [0.29, 0.717) is 27.0 Å². The predicted molar refractivity (Wildman–Crippen MR) is 84.8 cm³/mol. The second kappa shape index (κ2) is 5.73. The molecule has 2 aromatic rings. The fourth-order valence-corrected chi connectivity index (χ4v) is 2.18. The van der Waals surface area contributed by atoms with Gasteiger partial charge in [-0.2, -0.15) is 0 Å². The third kappa shape index (κ3) is 2.89. The largest absolute Gasteiger partial charge is 0.397 e. The number of benzene rings is 2. The van der Waals surface area contributed by atoms with Crippen molar-refractivity contribution in [2.45, 2.75) is 6.92 Å². The van der Waals surface area contributed by atoms with E-state index in [4.69, 9.17) is 28.9 Å². The zero-order valence-corrected chi connectivity index (χ0v) is 12.7. The first-order chi connectivity index (χ1) is 9.40. The second-order valence-electron chi connectivity index (χ2n) is 4.53. The Kier molecular flexibility index (Phi) is 4.21. The molecule has 0 aromatic heterocycles. The topological polar surface area (TPSA) is 46.3 Å². The summed E-state index contributed by atoms with van der Waals surface area (Å²) in [5.41, 5.74) is 8.37. The third-order valence-corrected chi connectivity index (χ3v) is 3.72. The Morgan fingerprint density at radius 2 is 1.85 bits per heavy atom. The molecule has 0 heterocycles. The molecular formula is C15H14Cl2N2O. The summed E-state index contributed by atoms with van der Waals surface area (Å²) in [5.74, 6) is -0.194. The molecule has 1 amide bonds. The van der Waals surface area contributed by atoms with Crippen molar-refractivity contribution >= 4 is 40.5 Å². The Bertz CT molecular complexity index is 671. The van der Waals surface area contributed by atoms with E-state index in [2.05, 4.69) is 0 Å². The number of carbonyl (C=O) groups is 1. The van der Waals surface area contributed by atoms with Gasteiger partial charge in [0.15, 0.2) is 0 Å². The van der Waals surface area contributed by atoms with E-state index >= 15 is 0 Å². The Hall–Kier alpha value is -1.71. The van der Waals surface area contributed by atoms with Crippen LogP contribution >= 0.6 is 23.2 Å². The van der Waals surface area contributed by atoms with Crippen LogP contribution in [0.15, 0.2) is 36.4 Å². The van der Waals surface area contributed by atoms with Gasteiger partial charge in [-0.15, -0.1) is 0 Å². The zero-order chi connectivity index (χ0) is 14.9. The van der Waals surface area contributed by atoms with E-state index < -0.39 is 0 Å². The Morgan fingerprint density at radius 1 is 1.15 bits per heavy atom. The van der Waals surface area contributed by atoms with E-state index in [9.17, 15) is 4.79 Å². The molecule has 0 spiro atoms. The smallest absolute Gasteiger partial charge is 0.258 e. The predicted octanol–water partition coefficient (Wildman–Crippen LogP) is 4.16. The molecule has 2 rings (SSSR count). The molecule has 20 heavy (non-hydrogen) atoms. The van der Waals surface area contributed by atoms with Crippen LogP contribution in [-0.4, -0.2) is 13.0 Å². The summed E-state index contributed by atoms with van der Waals surface area (Å²) < 4.78 is 0. The number of anilines is 2. The number of nitrogen functional groups attached to an aromatic ring is 1. The van der Waals surface area contributed by atoms with Gasteiger partial charge in [-0.25, -0.2) is 0 Å². The average Bonchev–Trinajstić information content (AvgIpc) is 2.43. The Morgan fingerprint density at radius 3 is 2.50 bits per heavy atom. The van der Waals surface area contributed by atoms with Gasteiger partial charge in [0, 0.05) is 22.7 Å². The average molecular weight is 309 g/mol. The molecule has 0 unspecified atom stereocenters. The lowest BCUT2D eigenvalue weighted by molar-refractivity contribution is 0.0993.